The van der Waals surface area contributed by atoms with Gasteiger partial charge in [-0.25, -0.2) is 0 Å². The fraction of sp³-hybridized carbons (Fsp3) is 0.310. The van der Waals surface area contributed by atoms with Crippen LogP contribution >= 0.6 is 0 Å². The lowest BCUT2D eigenvalue weighted by molar-refractivity contribution is 0.104. The average molecular weight is 476 g/mol. The Labute approximate surface area is 207 Å². The van der Waals surface area contributed by atoms with E-state index >= 15 is 0 Å². The van der Waals surface area contributed by atoms with Gasteiger partial charge in [-0.15, -0.1) is 0 Å². The number of benzene rings is 3. The van der Waals surface area contributed by atoms with Crippen LogP contribution in [0.3, 0.4) is 0 Å². The molecule has 0 aromatic heterocycles. The summed E-state index contributed by atoms with van der Waals surface area (Å²) in [7, 11) is 4.85. The van der Waals surface area contributed by atoms with E-state index in [2.05, 4.69) is 24.1 Å². The molecule has 0 saturated carbocycles. The normalized spacial score (nSPS) is 12.1. The molecule has 0 bridgehead atoms. The van der Waals surface area contributed by atoms with Gasteiger partial charge in [0.15, 0.2) is 11.5 Å². The van der Waals surface area contributed by atoms with Crippen molar-refractivity contribution in [2.75, 3.05) is 34.5 Å². The van der Waals surface area contributed by atoms with Crippen molar-refractivity contribution in [3.05, 3.63) is 83.4 Å². The zero-order chi connectivity index (χ0) is 25.0. The maximum Gasteiger partial charge on any atom is 0.160 e. The summed E-state index contributed by atoms with van der Waals surface area (Å²) in [5, 5.41) is 13.9. The summed E-state index contributed by atoms with van der Waals surface area (Å²) in [5.41, 5.74) is 2.77. The molecule has 0 fully saturated rings. The first-order valence-corrected chi connectivity index (χ1v) is 11.5. The second-order valence-electron chi connectivity index (χ2n) is 8.15. The van der Waals surface area contributed by atoms with E-state index in [0.29, 0.717) is 29.5 Å². The van der Waals surface area contributed by atoms with Gasteiger partial charge in [-0.3, -0.25) is 0 Å². The molecule has 2 N–H and O–H groups in total. The van der Waals surface area contributed by atoms with Crippen molar-refractivity contribution in [1.82, 2.24) is 5.32 Å². The number of nitrogens with one attached hydrogen (secondary N) is 1. The van der Waals surface area contributed by atoms with Gasteiger partial charge >= 0.3 is 0 Å². The molecule has 3 rings (SSSR count). The quantitative estimate of drug-likeness (QED) is 0.408. The van der Waals surface area contributed by atoms with Gasteiger partial charge in [0.25, 0.3) is 0 Å². The minimum Gasteiger partial charge on any atom is -0.497 e. The lowest BCUT2D eigenvalue weighted by Crippen LogP contribution is -2.37. The van der Waals surface area contributed by atoms with Crippen LogP contribution < -0.4 is 24.3 Å². The van der Waals surface area contributed by atoms with Crippen molar-refractivity contribution < 1.29 is 24.1 Å². The number of aliphatic hydroxyl groups excluding tert-OH is 1. The standard InChI is InChI=1S/C29H33NO5/c1-21(16-23-11-15-27(33-3)29(17-23)34-4)30-19-25(31)20-35-28-18-26(32-2)14-13-24(28)12-10-22-8-6-5-7-9-22/h5-9,11,13-15,17-18,21,25,30-31H,16,19-20H2,1-4H3. The zero-order valence-corrected chi connectivity index (χ0v) is 20.7. The fourth-order valence-corrected chi connectivity index (χ4v) is 3.53. The van der Waals surface area contributed by atoms with Crippen molar-refractivity contribution in [3.8, 4) is 34.8 Å². The van der Waals surface area contributed by atoms with E-state index in [9.17, 15) is 5.11 Å². The van der Waals surface area contributed by atoms with E-state index in [1.54, 1.807) is 27.4 Å². The van der Waals surface area contributed by atoms with Crippen LogP contribution in [0.5, 0.6) is 23.0 Å². The molecule has 184 valence electrons. The number of hydrogen-bond donors (Lipinski definition) is 2. The van der Waals surface area contributed by atoms with Gasteiger partial charge in [0.2, 0.25) is 0 Å². The molecule has 3 aromatic rings. The minimum absolute atomic E-state index is 0.128. The van der Waals surface area contributed by atoms with Crippen molar-refractivity contribution in [2.24, 2.45) is 0 Å². The average Bonchev–Trinajstić information content (AvgIpc) is 2.90. The summed E-state index contributed by atoms with van der Waals surface area (Å²) in [6.07, 6.45) is 0.0900. The van der Waals surface area contributed by atoms with Gasteiger partial charge in [-0.1, -0.05) is 36.1 Å². The van der Waals surface area contributed by atoms with E-state index in [1.807, 2.05) is 60.7 Å². The second kappa shape index (κ2) is 13.3. The predicted molar refractivity (Wildman–Crippen MR) is 138 cm³/mol. The van der Waals surface area contributed by atoms with E-state index < -0.39 is 6.10 Å². The Morgan fingerprint density at radius 3 is 2.31 bits per heavy atom. The molecule has 0 spiro atoms. The maximum absolute atomic E-state index is 10.5. The molecule has 6 nitrogen and oxygen atoms in total. The van der Waals surface area contributed by atoms with Crippen LogP contribution in [-0.4, -0.2) is 51.7 Å². The third-order valence-corrected chi connectivity index (χ3v) is 5.43. The first-order chi connectivity index (χ1) is 17.0. The van der Waals surface area contributed by atoms with E-state index in [4.69, 9.17) is 18.9 Å². The third kappa shape index (κ3) is 7.96. The number of methoxy groups -OCH3 is 3. The smallest absolute Gasteiger partial charge is 0.160 e. The molecule has 0 amide bonds. The van der Waals surface area contributed by atoms with Crippen LogP contribution in [0.1, 0.15) is 23.6 Å². The van der Waals surface area contributed by atoms with Crippen LogP contribution in [-0.2, 0) is 6.42 Å². The largest absolute Gasteiger partial charge is 0.497 e. The molecule has 35 heavy (non-hydrogen) atoms. The molecular formula is C29H33NO5. The Kier molecular flexibility index (Phi) is 9.85. The lowest BCUT2D eigenvalue weighted by atomic mass is 10.1. The molecule has 0 aliphatic heterocycles. The Morgan fingerprint density at radius 1 is 0.829 bits per heavy atom. The van der Waals surface area contributed by atoms with Crippen molar-refractivity contribution in [1.29, 1.82) is 0 Å². The van der Waals surface area contributed by atoms with E-state index in [0.717, 1.165) is 23.1 Å². The van der Waals surface area contributed by atoms with Crippen molar-refractivity contribution >= 4 is 0 Å². The van der Waals surface area contributed by atoms with Crippen LogP contribution in [0.25, 0.3) is 0 Å². The highest BCUT2D eigenvalue weighted by Crippen LogP contribution is 2.28. The molecule has 0 aliphatic carbocycles. The number of hydrogen-bond acceptors (Lipinski definition) is 6. The molecule has 0 heterocycles. The first-order valence-electron chi connectivity index (χ1n) is 11.5. The minimum atomic E-state index is -0.691. The second-order valence-corrected chi connectivity index (χ2v) is 8.15. The van der Waals surface area contributed by atoms with Gasteiger partial charge < -0.3 is 29.4 Å². The lowest BCUT2D eigenvalue weighted by Gasteiger charge is -2.19. The van der Waals surface area contributed by atoms with Crippen LogP contribution in [0, 0.1) is 11.8 Å². The Balaban J connectivity index is 1.55. The molecule has 0 saturated heterocycles. The molecule has 6 heteroatoms. The van der Waals surface area contributed by atoms with Gasteiger partial charge in [-0.05, 0) is 55.3 Å². The summed E-state index contributed by atoms with van der Waals surface area (Å²) in [5.74, 6) is 8.94. The summed E-state index contributed by atoms with van der Waals surface area (Å²) in [6.45, 7) is 2.59. The Morgan fingerprint density at radius 2 is 1.60 bits per heavy atom. The van der Waals surface area contributed by atoms with Crippen molar-refractivity contribution in [2.45, 2.75) is 25.5 Å². The van der Waals surface area contributed by atoms with Crippen LogP contribution in [0.2, 0.25) is 0 Å². The summed E-state index contributed by atoms with van der Waals surface area (Å²) in [6, 6.07) is 21.3. The molecule has 3 aromatic carbocycles. The summed E-state index contributed by atoms with van der Waals surface area (Å²) >= 11 is 0. The molecule has 0 radical (unpaired) electrons. The highest BCUT2D eigenvalue weighted by molar-refractivity contribution is 5.52. The van der Waals surface area contributed by atoms with Gasteiger partial charge in [0.05, 0.1) is 26.9 Å². The zero-order valence-electron chi connectivity index (χ0n) is 20.7. The monoisotopic (exact) mass is 475 g/mol. The van der Waals surface area contributed by atoms with E-state index in [-0.39, 0.29) is 12.6 Å². The highest BCUT2D eigenvalue weighted by Gasteiger charge is 2.12. The van der Waals surface area contributed by atoms with Gasteiger partial charge in [0.1, 0.15) is 24.2 Å². The number of aliphatic hydroxyl groups is 1. The van der Waals surface area contributed by atoms with Gasteiger partial charge in [-0.2, -0.15) is 0 Å². The molecule has 2 atom stereocenters. The number of rotatable bonds is 11. The topological polar surface area (TPSA) is 69.2 Å². The fourth-order valence-electron chi connectivity index (χ4n) is 3.53. The Hall–Kier alpha value is -3.66. The number of ether oxygens (including phenoxy) is 4. The first kappa shape index (κ1) is 26.0. The summed E-state index contributed by atoms with van der Waals surface area (Å²) in [4.78, 5) is 0. The molecular weight excluding hydrogens is 442 g/mol. The van der Waals surface area contributed by atoms with E-state index in [1.165, 1.54) is 0 Å². The summed E-state index contributed by atoms with van der Waals surface area (Å²) < 4.78 is 21.9. The SMILES string of the molecule is COc1ccc(C#Cc2ccccc2)c(OCC(O)CNC(C)Cc2ccc(OC)c(OC)c2)c1. The Bertz CT molecular complexity index is 1140. The van der Waals surface area contributed by atoms with Crippen LogP contribution in [0.15, 0.2) is 66.7 Å². The molecule has 0 aliphatic rings. The maximum atomic E-state index is 10.5. The third-order valence-electron chi connectivity index (χ3n) is 5.43. The van der Waals surface area contributed by atoms with Crippen LogP contribution in [0.4, 0.5) is 0 Å². The highest BCUT2D eigenvalue weighted by atomic mass is 16.5. The van der Waals surface area contributed by atoms with Gasteiger partial charge in [0, 0.05) is 24.2 Å². The predicted octanol–water partition coefficient (Wildman–Crippen LogP) is 4.07. The molecule has 2 unspecified atom stereocenters. The van der Waals surface area contributed by atoms with Crippen molar-refractivity contribution in [3.63, 3.8) is 0 Å².